The van der Waals surface area contributed by atoms with Crippen molar-refractivity contribution >= 4 is 8.17 Å². The second kappa shape index (κ2) is 8.62. The summed E-state index contributed by atoms with van der Waals surface area (Å²) in [5, 5.41) is 0. The monoisotopic (exact) mass is 445 g/mol. The molecule has 162 valence electrons. The van der Waals surface area contributed by atoms with Crippen molar-refractivity contribution in [3.05, 3.63) is 68.5 Å². The average molecular weight is 445 g/mol. The van der Waals surface area contributed by atoms with Crippen molar-refractivity contribution in [3.8, 4) is 0 Å². The first-order valence-electron chi connectivity index (χ1n) is 9.33. The summed E-state index contributed by atoms with van der Waals surface area (Å²) in [5.74, 6) is -1.42. The SMILES string of the molecule is O=c1[nH]c(=O)n([C@H]2C[C@@H]3O[P+](O)(OCCCc4ccc(F)cc4)OC[C@H]3O2)cc1F. The van der Waals surface area contributed by atoms with Crippen LogP contribution in [0.5, 0.6) is 0 Å². The zero-order chi connectivity index (χ0) is 21.3. The van der Waals surface area contributed by atoms with Crippen LogP contribution in [0, 0.1) is 11.6 Å². The second-order valence-electron chi connectivity index (χ2n) is 6.98. The fraction of sp³-hybridized carbons (Fsp3) is 0.444. The molecule has 4 atom stereocenters. The van der Waals surface area contributed by atoms with Gasteiger partial charge in [-0.05, 0) is 30.5 Å². The number of ether oxygens (including phenoxy) is 1. The number of fused-ring (bicyclic) bond motifs is 1. The van der Waals surface area contributed by atoms with Gasteiger partial charge in [-0.3, -0.25) is 14.3 Å². The number of H-pyrrole nitrogens is 1. The molecule has 30 heavy (non-hydrogen) atoms. The number of hydrogen-bond donors (Lipinski definition) is 2. The van der Waals surface area contributed by atoms with E-state index in [0.29, 0.717) is 12.8 Å². The van der Waals surface area contributed by atoms with Crippen molar-refractivity contribution in [2.24, 2.45) is 0 Å². The molecule has 12 heteroatoms. The third-order valence-electron chi connectivity index (χ3n) is 4.86. The third-order valence-corrected chi connectivity index (χ3v) is 6.38. The van der Waals surface area contributed by atoms with Crippen LogP contribution in [-0.2, 0) is 24.7 Å². The molecule has 2 saturated heterocycles. The molecular weight excluding hydrogens is 425 g/mol. The molecule has 0 amide bonds. The minimum absolute atomic E-state index is 0.0238. The Morgan fingerprint density at radius 3 is 2.77 bits per heavy atom. The number of rotatable bonds is 6. The number of nitrogens with zero attached hydrogens (tertiary/aromatic N) is 1. The van der Waals surface area contributed by atoms with Crippen LogP contribution in [0.25, 0.3) is 0 Å². The van der Waals surface area contributed by atoms with Crippen LogP contribution in [0.15, 0.2) is 40.1 Å². The van der Waals surface area contributed by atoms with Crippen LogP contribution in [0.1, 0.15) is 24.6 Å². The van der Waals surface area contributed by atoms with E-state index in [9.17, 15) is 23.3 Å². The number of aryl methyl sites for hydroxylation is 1. The predicted molar refractivity (Wildman–Crippen MR) is 100 cm³/mol. The Morgan fingerprint density at radius 2 is 2.00 bits per heavy atom. The van der Waals surface area contributed by atoms with Crippen LogP contribution < -0.4 is 11.2 Å². The standard InChI is InChI=1S/C18H19F2N2O7P/c19-12-5-3-11(4-6-12)2-1-7-26-30(25)27-10-15-14(29-30)8-16(28-15)22-9-13(20)17(23)21-18(22)24/h3-6,9,14-16,25H,1-2,7-8,10H2/p+1/t14-,15+,16+,30?/m0/s1. The highest BCUT2D eigenvalue weighted by Gasteiger charge is 2.57. The molecule has 2 aliphatic heterocycles. The normalized spacial score (nSPS) is 28.4. The topological polar surface area (TPSA) is 112 Å². The molecule has 1 unspecified atom stereocenters. The van der Waals surface area contributed by atoms with Gasteiger partial charge in [-0.1, -0.05) is 12.1 Å². The zero-order valence-corrected chi connectivity index (χ0v) is 16.6. The Hall–Kier alpha value is -2.01. The highest BCUT2D eigenvalue weighted by Crippen LogP contribution is 2.63. The fourth-order valence-corrected chi connectivity index (χ4v) is 4.81. The van der Waals surface area contributed by atoms with Gasteiger partial charge in [0.25, 0.3) is 5.56 Å². The Balaban J connectivity index is 1.32. The summed E-state index contributed by atoms with van der Waals surface area (Å²) in [7, 11) is -3.57. The van der Waals surface area contributed by atoms with Gasteiger partial charge in [-0.15, -0.1) is 4.52 Å². The Bertz CT molecular complexity index is 1010. The van der Waals surface area contributed by atoms with Gasteiger partial charge in [-0.2, -0.15) is 18.3 Å². The second-order valence-corrected chi connectivity index (χ2v) is 8.64. The van der Waals surface area contributed by atoms with E-state index < -0.39 is 43.7 Å². The van der Waals surface area contributed by atoms with E-state index in [4.69, 9.17) is 18.3 Å². The van der Waals surface area contributed by atoms with Crippen LogP contribution >= 0.6 is 8.17 Å². The van der Waals surface area contributed by atoms with Crippen LogP contribution in [0.3, 0.4) is 0 Å². The van der Waals surface area contributed by atoms with E-state index in [1.165, 1.54) is 12.1 Å². The molecule has 2 N–H and O–H groups in total. The van der Waals surface area contributed by atoms with Gasteiger partial charge in [0.05, 0.1) is 6.20 Å². The molecular formula is C18H20F2N2O7P+. The van der Waals surface area contributed by atoms with E-state index >= 15 is 0 Å². The Morgan fingerprint density at radius 1 is 1.23 bits per heavy atom. The molecule has 0 spiro atoms. The molecule has 0 bridgehead atoms. The van der Waals surface area contributed by atoms with Crippen molar-refractivity contribution in [2.75, 3.05) is 13.2 Å². The van der Waals surface area contributed by atoms with Gasteiger partial charge >= 0.3 is 13.9 Å². The van der Waals surface area contributed by atoms with Gasteiger partial charge in [0.1, 0.15) is 37.5 Å². The van der Waals surface area contributed by atoms with Gasteiger partial charge in [-0.25, -0.2) is 9.18 Å². The van der Waals surface area contributed by atoms with E-state index in [2.05, 4.69) is 0 Å². The molecule has 0 saturated carbocycles. The first kappa shape index (κ1) is 21.2. The smallest absolute Gasteiger partial charge is 0.349 e. The lowest BCUT2D eigenvalue weighted by molar-refractivity contribution is -0.0819. The van der Waals surface area contributed by atoms with Gasteiger partial charge < -0.3 is 4.74 Å². The van der Waals surface area contributed by atoms with E-state index in [-0.39, 0.29) is 25.5 Å². The van der Waals surface area contributed by atoms with Gasteiger partial charge in [0, 0.05) is 6.42 Å². The van der Waals surface area contributed by atoms with Crippen LogP contribution in [0.4, 0.5) is 8.78 Å². The minimum atomic E-state index is -3.57. The van der Waals surface area contributed by atoms with Crippen molar-refractivity contribution in [1.29, 1.82) is 0 Å². The molecule has 1 aromatic carbocycles. The highest BCUT2D eigenvalue weighted by atomic mass is 31.2. The largest absolute Gasteiger partial charge is 0.573 e. The van der Waals surface area contributed by atoms with Gasteiger partial charge in [0.2, 0.25) is 5.82 Å². The molecule has 0 radical (unpaired) electrons. The number of halogens is 2. The average Bonchev–Trinajstić information content (AvgIpc) is 3.12. The van der Waals surface area contributed by atoms with E-state index in [0.717, 1.165) is 16.3 Å². The van der Waals surface area contributed by atoms with Crippen LogP contribution in [0.2, 0.25) is 0 Å². The summed E-state index contributed by atoms with van der Waals surface area (Å²) in [6.07, 6.45) is 0.00405. The van der Waals surface area contributed by atoms with Crippen molar-refractivity contribution in [2.45, 2.75) is 37.7 Å². The van der Waals surface area contributed by atoms with Crippen molar-refractivity contribution in [1.82, 2.24) is 9.55 Å². The lowest BCUT2D eigenvalue weighted by Gasteiger charge is -2.26. The summed E-state index contributed by atoms with van der Waals surface area (Å²) in [6, 6.07) is 6.10. The van der Waals surface area contributed by atoms with E-state index in [1.54, 1.807) is 12.1 Å². The molecule has 2 aromatic rings. The Kier molecular flexibility index (Phi) is 6.10. The van der Waals surface area contributed by atoms with E-state index in [1.807, 2.05) is 4.98 Å². The number of hydrogen-bond acceptors (Lipinski definition) is 7. The first-order valence-corrected chi connectivity index (χ1v) is 10.8. The molecule has 2 fully saturated rings. The first-order chi connectivity index (χ1) is 14.3. The molecule has 1 aromatic heterocycles. The lowest BCUT2D eigenvalue weighted by atomic mass is 10.1. The maximum absolute atomic E-state index is 13.5. The predicted octanol–water partition coefficient (Wildman–Crippen LogP) is 1.84. The fourth-order valence-electron chi connectivity index (χ4n) is 3.35. The number of nitrogens with one attached hydrogen (secondary N) is 1. The molecule has 3 heterocycles. The Labute approximate surface area is 169 Å². The quantitative estimate of drug-likeness (QED) is 0.516. The van der Waals surface area contributed by atoms with Gasteiger partial charge in [0.15, 0.2) is 0 Å². The summed E-state index contributed by atoms with van der Waals surface area (Å²) >= 11 is 0. The molecule has 4 rings (SSSR count). The zero-order valence-electron chi connectivity index (χ0n) is 15.7. The molecule has 2 aliphatic rings. The maximum Gasteiger partial charge on any atom is 0.573 e. The summed E-state index contributed by atoms with van der Waals surface area (Å²) in [5.41, 5.74) is -0.991. The number of benzene rings is 1. The molecule has 9 nitrogen and oxygen atoms in total. The summed E-state index contributed by atoms with van der Waals surface area (Å²) < 4.78 is 49.4. The number of aromatic nitrogens is 2. The molecule has 0 aliphatic carbocycles. The van der Waals surface area contributed by atoms with Crippen LogP contribution in [-0.4, -0.2) is 39.9 Å². The number of aromatic amines is 1. The maximum atomic E-state index is 13.5. The lowest BCUT2D eigenvalue weighted by Crippen LogP contribution is -2.35. The summed E-state index contributed by atoms with van der Waals surface area (Å²) in [4.78, 5) is 35.5. The van der Waals surface area contributed by atoms with Crippen molar-refractivity contribution in [3.63, 3.8) is 0 Å². The minimum Gasteiger partial charge on any atom is -0.349 e. The third kappa shape index (κ3) is 4.66. The highest BCUT2D eigenvalue weighted by molar-refractivity contribution is 7.55. The van der Waals surface area contributed by atoms with Crippen molar-refractivity contribution < 1.29 is 32.0 Å². The summed E-state index contributed by atoms with van der Waals surface area (Å²) in [6.45, 7) is 0.137.